The second kappa shape index (κ2) is 4.48. The summed E-state index contributed by atoms with van der Waals surface area (Å²) in [6.07, 6.45) is 1.97. The molecule has 0 saturated carbocycles. The van der Waals surface area contributed by atoms with Crippen LogP contribution in [0.2, 0.25) is 0 Å². The van der Waals surface area contributed by atoms with E-state index in [0.29, 0.717) is 17.4 Å². The van der Waals surface area contributed by atoms with Crippen molar-refractivity contribution in [2.45, 2.75) is 20.3 Å². The molecule has 2 aromatic heterocycles. The Kier molecular flexibility index (Phi) is 3.03. The molecule has 0 spiro atoms. The van der Waals surface area contributed by atoms with Crippen LogP contribution in [-0.2, 0) is 18.3 Å². The average molecular weight is 234 g/mol. The molecule has 0 bridgehead atoms. The molecule has 0 aliphatic rings. The van der Waals surface area contributed by atoms with Crippen molar-refractivity contribution in [1.82, 2.24) is 19.9 Å². The lowest BCUT2D eigenvalue weighted by Gasteiger charge is -1.98. The highest BCUT2D eigenvalue weighted by molar-refractivity contribution is 5.81. The molecule has 0 N–H and O–H groups in total. The molecule has 0 fully saturated rings. The van der Waals surface area contributed by atoms with Crippen LogP contribution in [0.5, 0.6) is 0 Å². The van der Waals surface area contributed by atoms with Crippen molar-refractivity contribution in [2.75, 3.05) is 0 Å². The predicted octanol–water partition coefficient (Wildman–Crippen LogP) is 1.24. The number of carbonyl (C=O) groups is 1. The van der Waals surface area contributed by atoms with E-state index in [1.54, 1.807) is 16.9 Å². The summed E-state index contributed by atoms with van der Waals surface area (Å²) in [5.41, 5.74) is 0.638. The van der Waals surface area contributed by atoms with Gasteiger partial charge in [-0.15, -0.1) is 0 Å². The van der Waals surface area contributed by atoms with Crippen LogP contribution in [0, 0.1) is 5.92 Å². The molecular formula is C11H14N4O2. The number of carbonyl (C=O) groups excluding carboxylic acids is 1. The van der Waals surface area contributed by atoms with Gasteiger partial charge in [-0.3, -0.25) is 9.48 Å². The molecule has 0 atom stereocenters. The van der Waals surface area contributed by atoms with Gasteiger partial charge in [0.05, 0.1) is 6.42 Å². The maximum atomic E-state index is 11.5. The average Bonchev–Trinajstić information content (AvgIpc) is 2.86. The van der Waals surface area contributed by atoms with Crippen LogP contribution in [0.1, 0.15) is 19.7 Å². The van der Waals surface area contributed by atoms with Gasteiger partial charge in [-0.2, -0.15) is 10.1 Å². The molecule has 6 nitrogen and oxygen atoms in total. The molecular weight excluding hydrogens is 220 g/mol. The fourth-order valence-electron chi connectivity index (χ4n) is 1.32. The first-order valence-corrected chi connectivity index (χ1v) is 5.41. The van der Waals surface area contributed by atoms with Gasteiger partial charge in [0.1, 0.15) is 11.5 Å². The van der Waals surface area contributed by atoms with Crippen LogP contribution in [0.15, 0.2) is 16.8 Å². The normalized spacial score (nSPS) is 11.1. The lowest BCUT2D eigenvalue weighted by Crippen LogP contribution is -2.10. The van der Waals surface area contributed by atoms with Gasteiger partial charge in [0.2, 0.25) is 11.7 Å². The SMILES string of the molecule is CC(C)C(=O)Cc1nc(-c2ccn(C)n2)no1. The van der Waals surface area contributed by atoms with E-state index in [2.05, 4.69) is 15.2 Å². The van der Waals surface area contributed by atoms with Crippen molar-refractivity contribution in [2.24, 2.45) is 13.0 Å². The van der Waals surface area contributed by atoms with Crippen LogP contribution in [0.3, 0.4) is 0 Å². The van der Waals surface area contributed by atoms with Crippen LogP contribution in [0.25, 0.3) is 11.5 Å². The number of hydrogen-bond donors (Lipinski definition) is 0. The van der Waals surface area contributed by atoms with E-state index in [0.717, 1.165) is 0 Å². The van der Waals surface area contributed by atoms with Gasteiger partial charge in [0.25, 0.3) is 0 Å². The van der Waals surface area contributed by atoms with E-state index >= 15 is 0 Å². The monoisotopic (exact) mass is 234 g/mol. The smallest absolute Gasteiger partial charge is 0.234 e. The van der Waals surface area contributed by atoms with Crippen LogP contribution in [-0.4, -0.2) is 25.7 Å². The summed E-state index contributed by atoms with van der Waals surface area (Å²) in [5.74, 6) is 0.808. The molecule has 0 aliphatic heterocycles. The predicted molar refractivity (Wildman–Crippen MR) is 60.0 cm³/mol. The fraction of sp³-hybridized carbons (Fsp3) is 0.455. The zero-order chi connectivity index (χ0) is 12.4. The maximum absolute atomic E-state index is 11.5. The van der Waals surface area contributed by atoms with Gasteiger partial charge in [-0.1, -0.05) is 19.0 Å². The summed E-state index contributed by atoms with van der Waals surface area (Å²) >= 11 is 0. The first-order chi connectivity index (χ1) is 8.06. The van der Waals surface area contributed by atoms with Crippen LogP contribution >= 0.6 is 0 Å². The number of rotatable bonds is 4. The molecule has 0 saturated heterocycles. The third-order valence-corrected chi connectivity index (χ3v) is 2.38. The summed E-state index contributed by atoms with van der Waals surface area (Å²) in [6.45, 7) is 3.69. The van der Waals surface area contributed by atoms with Gasteiger partial charge in [0, 0.05) is 19.2 Å². The van der Waals surface area contributed by atoms with Gasteiger partial charge >= 0.3 is 0 Å². The highest BCUT2D eigenvalue weighted by Crippen LogP contribution is 2.13. The lowest BCUT2D eigenvalue weighted by molar-refractivity contribution is -0.121. The number of hydrogen-bond acceptors (Lipinski definition) is 5. The standard InChI is InChI=1S/C11H14N4O2/c1-7(2)9(16)6-10-12-11(14-17-10)8-4-5-15(3)13-8/h4-5,7H,6H2,1-3H3. The molecule has 0 amide bonds. The van der Waals surface area contributed by atoms with Crippen molar-refractivity contribution in [3.8, 4) is 11.5 Å². The molecule has 2 heterocycles. The van der Waals surface area contributed by atoms with Gasteiger partial charge in [-0.05, 0) is 6.07 Å². The molecule has 0 unspecified atom stereocenters. The summed E-state index contributed by atoms with van der Waals surface area (Å²) < 4.78 is 6.68. The maximum Gasteiger partial charge on any atom is 0.234 e. The molecule has 0 aromatic carbocycles. The molecule has 6 heteroatoms. The minimum Gasteiger partial charge on any atom is -0.338 e. The van der Waals surface area contributed by atoms with Crippen LogP contribution in [0.4, 0.5) is 0 Å². The highest BCUT2D eigenvalue weighted by Gasteiger charge is 2.15. The van der Waals surface area contributed by atoms with E-state index < -0.39 is 0 Å². The Morgan fingerprint density at radius 2 is 2.29 bits per heavy atom. The summed E-state index contributed by atoms with van der Waals surface area (Å²) in [7, 11) is 1.81. The molecule has 90 valence electrons. The molecule has 2 rings (SSSR count). The van der Waals surface area contributed by atoms with Gasteiger partial charge < -0.3 is 4.52 Å². The first kappa shape index (κ1) is 11.5. The Morgan fingerprint density at radius 1 is 1.53 bits per heavy atom. The van der Waals surface area contributed by atoms with Crippen molar-refractivity contribution < 1.29 is 9.32 Å². The largest absolute Gasteiger partial charge is 0.338 e. The van der Waals surface area contributed by atoms with Crippen molar-refractivity contribution >= 4 is 5.78 Å². The summed E-state index contributed by atoms with van der Waals surface area (Å²) in [4.78, 5) is 15.7. The Labute approximate surface area is 98.6 Å². The Bertz CT molecular complexity index is 527. The number of aryl methyl sites for hydroxylation is 1. The number of ketones is 1. The molecule has 0 radical (unpaired) electrons. The van der Waals surface area contributed by atoms with Gasteiger partial charge in [0.15, 0.2) is 0 Å². The van der Waals surface area contributed by atoms with E-state index in [4.69, 9.17) is 4.52 Å². The summed E-state index contributed by atoms with van der Waals surface area (Å²) in [5, 5.41) is 7.95. The van der Waals surface area contributed by atoms with Crippen molar-refractivity contribution in [3.05, 3.63) is 18.2 Å². The first-order valence-electron chi connectivity index (χ1n) is 5.41. The number of Topliss-reactive ketones (excluding diaryl/α,β-unsaturated/α-hetero) is 1. The van der Waals surface area contributed by atoms with Crippen molar-refractivity contribution in [3.63, 3.8) is 0 Å². The van der Waals surface area contributed by atoms with E-state index in [9.17, 15) is 4.79 Å². The van der Waals surface area contributed by atoms with E-state index in [-0.39, 0.29) is 18.1 Å². The molecule has 2 aromatic rings. The minimum absolute atomic E-state index is 0.0276. The Hall–Kier alpha value is -1.98. The second-order valence-electron chi connectivity index (χ2n) is 4.18. The number of aromatic nitrogens is 4. The van der Waals surface area contributed by atoms with E-state index in [1.807, 2.05) is 20.9 Å². The fourth-order valence-corrected chi connectivity index (χ4v) is 1.32. The molecule has 17 heavy (non-hydrogen) atoms. The van der Waals surface area contributed by atoms with Crippen molar-refractivity contribution in [1.29, 1.82) is 0 Å². The quantitative estimate of drug-likeness (QED) is 0.795. The minimum atomic E-state index is -0.0276. The summed E-state index contributed by atoms with van der Waals surface area (Å²) in [6, 6.07) is 1.79. The topological polar surface area (TPSA) is 73.8 Å². The lowest BCUT2D eigenvalue weighted by atomic mass is 10.1. The third kappa shape index (κ3) is 2.58. The third-order valence-electron chi connectivity index (χ3n) is 2.38. The Balaban J connectivity index is 2.14. The molecule has 0 aliphatic carbocycles. The zero-order valence-electron chi connectivity index (χ0n) is 10.0. The number of nitrogens with zero attached hydrogens (tertiary/aromatic N) is 4. The van der Waals surface area contributed by atoms with Crippen LogP contribution < -0.4 is 0 Å². The zero-order valence-corrected chi connectivity index (χ0v) is 10.0. The highest BCUT2D eigenvalue weighted by atomic mass is 16.5. The Morgan fingerprint density at radius 3 is 2.88 bits per heavy atom. The second-order valence-corrected chi connectivity index (χ2v) is 4.18. The van der Waals surface area contributed by atoms with Gasteiger partial charge in [-0.25, -0.2) is 0 Å². The van der Waals surface area contributed by atoms with E-state index in [1.165, 1.54) is 0 Å².